The number of H-pyrrole nitrogens is 1. The van der Waals surface area contributed by atoms with E-state index >= 15 is 0 Å². The van der Waals surface area contributed by atoms with Crippen molar-refractivity contribution >= 4 is 56.0 Å². The van der Waals surface area contributed by atoms with Crippen LogP contribution in [0, 0.1) is 0 Å². The van der Waals surface area contributed by atoms with Gasteiger partial charge in [-0.3, -0.25) is 9.52 Å². The van der Waals surface area contributed by atoms with Crippen molar-refractivity contribution in [3.63, 3.8) is 0 Å². The second-order valence-corrected chi connectivity index (χ2v) is 10.3. The summed E-state index contributed by atoms with van der Waals surface area (Å²) in [5.74, 6) is 0.281. The number of sulfonamides is 1. The third-order valence-corrected chi connectivity index (χ3v) is 7.15. The van der Waals surface area contributed by atoms with Gasteiger partial charge < -0.3 is 10.3 Å². The van der Waals surface area contributed by atoms with E-state index in [0.29, 0.717) is 27.8 Å². The number of amides is 1. The number of aromatic amines is 1. The van der Waals surface area contributed by atoms with Crippen molar-refractivity contribution < 1.29 is 13.2 Å². The van der Waals surface area contributed by atoms with Crippen LogP contribution in [0.25, 0.3) is 28.5 Å². The lowest BCUT2D eigenvalue weighted by molar-refractivity contribution is -0.111. The molecule has 0 aliphatic rings. The summed E-state index contributed by atoms with van der Waals surface area (Å²) in [4.78, 5) is 20.7. The van der Waals surface area contributed by atoms with Gasteiger partial charge in [-0.1, -0.05) is 48.0 Å². The van der Waals surface area contributed by atoms with Gasteiger partial charge in [0.05, 0.1) is 21.6 Å². The van der Waals surface area contributed by atoms with Crippen LogP contribution in [-0.2, 0) is 14.8 Å². The summed E-state index contributed by atoms with van der Waals surface area (Å²) in [6.45, 7) is 0. The molecule has 0 atom stereocenters. The third kappa shape index (κ3) is 5.72. The van der Waals surface area contributed by atoms with Gasteiger partial charge in [0.1, 0.15) is 5.82 Å². The maximum atomic E-state index is 12.8. The number of fused-ring (bicyclic) bond motifs is 1. The summed E-state index contributed by atoms with van der Waals surface area (Å²) in [5.41, 5.74) is 4.03. The Balaban J connectivity index is 1.32. The number of aromatic nitrogens is 2. The van der Waals surface area contributed by atoms with Crippen LogP contribution in [0.4, 0.5) is 11.4 Å². The molecule has 1 amide bonds. The molecule has 0 spiro atoms. The molecular weight excluding hydrogens is 508 g/mol. The first-order chi connectivity index (χ1) is 17.9. The number of halogens is 1. The minimum absolute atomic E-state index is 0.0697. The molecule has 37 heavy (non-hydrogen) atoms. The Labute approximate surface area is 218 Å². The Morgan fingerprint density at radius 3 is 2.46 bits per heavy atom. The van der Waals surface area contributed by atoms with E-state index in [4.69, 9.17) is 11.6 Å². The van der Waals surface area contributed by atoms with Gasteiger partial charge in [0, 0.05) is 22.3 Å². The first-order valence-electron chi connectivity index (χ1n) is 11.3. The normalized spacial score (nSPS) is 11.6. The van der Waals surface area contributed by atoms with Gasteiger partial charge in [0.25, 0.3) is 10.0 Å². The molecule has 0 unspecified atom stereocenters. The Bertz CT molecular complexity index is 1700. The average Bonchev–Trinajstić information content (AvgIpc) is 3.33. The highest BCUT2D eigenvalue weighted by atomic mass is 35.5. The van der Waals surface area contributed by atoms with Gasteiger partial charge in [-0.15, -0.1) is 0 Å². The standard InChI is InChI=1S/C28H21ClN4O3S/c29-20-13-15-21(16-14-20)33-37(35,36)22-7-5-6-19(18-22)12-17-27(34)30-24-9-2-1-8-23(24)28-31-25-10-3-4-11-26(25)32-28/h1-18,33H,(H,30,34)(H,31,32)/b17-12+. The van der Waals surface area contributed by atoms with Crippen molar-refractivity contribution in [1.82, 2.24) is 9.97 Å². The summed E-state index contributed by atoms with van der Waals surface area (Å²) < 4.78 is 28.1. The van der Waals surface area contributed by atoms with Crippen LogP contribution in [0.2, 0.25) is 5.02 Å². The number of nitrogens with zero attached hydrogens (tertiary/aromatic N) is 1. The van der Waals surface area contributed by atoms with E-state index in [2.05, 4.69) is 20.0 Å². The molecule has 7 nitrogen and oxygen atoms in total. The SMILES string of the molecule is O=C(/C=C/c1cccc(S(=O)(=O)Nc2ccc(Cl)cc2)c1)Nc1ccccc1-c1nc2ccccc2[nH]1. The van der Waals surface area contributed by atoms with E-state index in [0.717, 1.165) is 16.6 Å². The largest absolute Gasteiger partial charge is 0.338 e. The first-order valence-corrected chi connectivity index (χ1v) is 13.2. The molecule has 5 aromatic rings. The zero-order chi connectivity index (χ0) is 25.8. The topological polar surface area (TPSA) is 104 Å². The predicted molar refractivity (Wildman–Crippen MR) is 148 cm³/mol. The van der Waals surface area contributed by atoms with Gasteiger partial charge in [-0.2, -0.15) is 0 Å². The van der Waals surface area contributed by atoms with Crippen LogP contribution in [0.1, 0.15) is 5.56 Å². The maximum Gasteiger partial charge on any atom is 0.261 e. The number of benzene rings is 4. The number of carbonyl (C=O) groups is 1. The summed E-state index contributed by atoms with van der Waals surface area (Å²) in [6, 6.07) is 27.7. The second-order valence-electron chi connectivity index (χ2n) is 8.16. The van der Waals surface area contributed by atoms with E-state index in [1.54, 1.807) is 48.5 Å². The molecule has 3 N–H and O–H groups in total. The van der Waals surface area contributed by atoms with Gasteiger partial charge in [-0.05, 0) is 72.3 Å². The number of carbonyl (C=O) groups excluding carboxylic acids is 1. The molecule has 9 heteroatoms. The number of nitrogens with one attached hydrogen (secondary N) is 3. The zero-order valence-electron chi connectivity index (χ0n) is 19.4. The molecule has 0 fully saturated rings. The van der Waals surface area contributed by atoms with Crippen molar-refractivity contribution in [2.24, 2.45) is 0 Å². The minimum atomic E-state index is -3.82. The highest BCUT2D eigenvalue weighted by molar-refractivity contribution is 7.92. The summed E-state index contributed by atoms with van der Waals surface area (Å²) in [5, 5.41) is 3.39. The molecule has 4 aromatic carbocycles. The van der Waals surface area contributed by atoms with Crippen molar-refractivity contribution in [2.75, 3.05) is 10.0 Å². The first kappa shape index (κ1) is 24.3. The Kier molecular flexibility index (Phi) is 6.76. The van der Waals surface area contributed by atoms with Crippen molar-refractivity contribution in [3.8, 4) is 11.4 Å². The Hall–Kier alpha value is -4.40. The molecule has 1 aromatic heterocycles. The zero-order valence-corrected chi connectivity index (χ0v) is 20.9. The number of anilines is 2. The maximum absolute atomic E-state index is 12.8. The van der Waals surface area contributed by atoms with Crippen LogP contribution in [0.15, 0.2) is 108 Å². The monoisotopic (exact) mass is 528 g/mol. The Morgan fingerprint density at radius 2 is 1.65 bits per heavy atom. The number of hydrogen-bond donors (Lipinski definition) is 3. The van der Waals surface area contributed by atoms with Gasteiger partial charge >= 0.3 is 0 Å². The van der Waals surface area contributed by atoms with Crippen LogP contribution in [-0.4, -0.2) is 24.3 Å². The summed E-state index contributed by atoms with van der Waals surface area (Å²) >= 11 is 5.87. The van der Waals surface area contributed by atoms with E-state index in [-0.39, 0.29) is 10.8 Å². The van der Waals surface area contributed by atoms with Crippen LogP contribution in [0.5, 0.6) is 0 Å². The molecule has 0 radical (unpaired) electrons. The van der Waals surface area contributed by atoms with Crippen LogP contribution in [0.3, 0.4) is 0 Å². The molecule has 0 bridgehead atoms. The molecule has 184 valence electrons. The highest BCUT2D eigenvalue weighted by Gasteiger charge is 2.15. The molecular formula is C28H21ClN4O3S. The van der Waals surface area contributed by atoms with Gasteiger partial charge in [0.2, 0.25) is 5.91 Å². The summed E-state index contributed by atoms with van der Waals surface area (Å²) in [6.07, 6.45) is 2.91. The van der Waals surface area contributed by atoms with E-state index in [9.17, 15) is 13.2 Å². The molecule has 0 aliphatic carbocycles. The minimum Gasteiger partial charge on any atom is -0.338 e. The highest BCUT2D eigenvalue weighted by Crippen LogP contribution is 2.27. The molecule has 5 rings (SSSR count). The lowest BCUT2D eigenvalue weighted by Crippen LogP contribution is -2.13. The third-order valence-electron chi connectivity index (χ3n) is 5.52. The number of rotatable bonds is 7. The molecule has 0 saturated carbocycles. The summed E-state index contributed by atoms with van der Waals surface area (Å²) in [7, 11) is -3.82. The second kappa shape index (κ2) is 10.3. The van der Waals surface area contributed by atoms with Crippen molar-refractivity contribution in [2.45, 2.75) is 4.90 Å². The van der Waals surface area contributed by atoms with E-state index < -0.39 is 10.0 Å². The predicted octanol–water partition coefficient (Wildman–Crippen LogP) is 6.34. The van der Waals surface area contributed by atoms with Crippen LogP contribution >= 0.6 is 11.6 Å². The van der Waals surface area contributed by atoms with Crippen molar-refractivity contribution in [3.05, 3.63) is 114 Å². The smallest absolute Gasteiger partial charge is 0.261 e. The number of para-hydroxylation sites is 3. The number of hydrogen-bond acceptors (Lipinski definition) is 4. The van der Waals surface area contributed by atoms with E-state index in [1.165, 1.54) is 18.2 Å². The Morgan fingerprint density at radius 1 is 0.892 bits per heavy atom. The molecule has 1 heterocycles. The molecule has 0 aliphatic heterocycles. The van der Waals surface area contributed by atoms with Crippen LogP contribution < -0.4 is 10.0 Å². The molecule has 0 saturated heterocycles. The lowest BCUT2D eigenvalue weighted by atomic mass is 10.1. The lowest BCUT2D eigenvalue weighted by Gasteiger charge is -2.09. The average molecular weight is 529 g/mol. The fourth-order valence-electron chi connectivity index (χ4n) is 3.74. The fourth-order valence-corrected chi connectivity index (χ4v) is 4.98. The fraction of sp³-hybridized carbons (Fsp3) is 0. The number of imidazole rings is 1. The van der Waals surface area contributed by atoms with E-state index in [1.807, 2.05) is 42.5 Å². The van der Waals surface area contributed by atoms with Crippen molar-refractivity contribution in [1.29, 1.82) is 0 Å². The van der Waals surface area contributed by atoms with Gasteiger partial charge in [0.15, 0.2) is 0 Å². The van der Waals surface area contributed by atoms with Gasteiger partial charge in [-0.25, -0.2) is 13.4 Å². The quantitative estimate of drug-likeness (QED) is 0.214.